The Morgan fingerprint density at radius 2 is 2.14 bits per heavy atom. The first-order valence-corrected chi connectivity index (χ1v) is 8.21. The predicted octanol–water partition coefficient (Wildman–Crippen LogP) is 3.19. The van der Waals surface area contributed by atoms with Crippen LogP contribution in [0.3, 0.4) is 0 Å². The van der Waals surface area contributed by atoms with Crippen LogP contribution in [0.2, 0.25) is 0 Å². The van der Waals surface area contributed by atoms with Crippen LogP contribution in [-0.4, -0.2) is 30.2 Å². The van der Waals surface area contributed by atoms with Gasteiger partial charge in [-0.2, -0.15) is 0 Å². The molecule has 3 atom stereocenters. The Hall–Kier alpha value is -1.29. The quantitative estimate of drug-likeness (QED) is 0.864. The van der Waals surface area contributed by atoms with Gasteiger partial charge in [0.15, 0.2) is 5.11 Å². The largest absolute Gasteiger partial charge is 0.496 e. The summed E-state index contributed by atoms with van der Waals surface area (Å²) in [6.45, 7) is 0.774. The van der Waals surface area contributed by atoms with Crippen molar-refractivity contribution in [2.45, 2.75) is 38.3 Å². The monoisotopic (exact) mass is 304 g/mol. The van der Waals surface area contributed by atoms with Crippen LogP contribution in [0.5, 0.6) is 5.75 Å². The van der Waals surface area contributed by atoms with Crippen molar-refractivity contribution in [2.24, 2.45) is 11.8 Å². The van der Waals surface area contributed by atoms with Crippen LogP contribution < -0.4 is 10.1 Å². The molecule has 0 saturated heterocycles. The van der Waals surface area contributed by atoms with Crippen molar-refractivity contribution in [2.75, 3.05) is 14.2 Å². The fourth-order valence-corrected chi connectivity index (χ4v) is 4.07. The number of ether oxygens (including phenoxy) is 1. The summed E-state index contributed by atoms with van der Waals surface area (Å²) in [5.41, 5.74) is 1.17. The van der Waals surface area contributed by atoms with Crippen LogP contribution in [0.4, 0.5) is 0 Å². The lowest BCUT2D eigenvalue weighted by Gasteiger charge is -2.29. The summed E-state index contributed by atoms with van der Waals surface area (Å²) in [5.74, 6) is 2.70. The van der Waals surface area contributed by atoms with Gasteiger partial charge in [-0.05, 0) is 49.4 Å². The van der Waals surface area contributed by atoms with E-state index in [1.54, 1.807) is 7.11 Å². The Morgan fingerprint density at radius 1 is 1.33 bits per heavy atom. The zero-order chi connectivity index (χ0) is 14.8. The normalized spacial score (nSPS) is 26.7. The zero-order valence-electron chi connectivity index (χ0n) is 12.8. The predicted molar refractivity (Wildman–Crippen MR) is 89.4 cm³/mol. The van der Waals surface area contributed by atoms with E-state index < -0.39 is 0 Å². The van der Waals surface area contributed by atoms with Crippen molar-refractivity contribution in [3.63, 3.8) is 0 Å². The van der Waals surface area contributed by atoms with Crippen molar-refractivity contribution in [1.82, 2.24) is 10.2 Å². The Balaban J connectivity index is 1.57. The molecule has 2 bridgehead atoms. The molecule has 2 aliphatic rings. The second-order valence-corrected chi connectivity index (χ2v) is 6.79. The molecule has 114 valence electrons. The van der Waals surface area contributed by atoms with Gasteiger partial charge in [-0.3, -0.25) is 0 Å². The van der Waals surface area contributed by atoms with Gasteiger partial charge in [-0.15, -0.1) is 0 Å². The maximum Gasteiger partial charge on any atom is 0.169 e. The number of hydrogen-bond acceptors (Lipinski definition) is 2. The SMILES string of the molecule is COc1ccccc1CN(C)C(=S)N[C@@H]1C[C@@H]2CC[C@@H]1C2. The second-order valence-electron chi connectivity index (χ2n) is 6.40. The van der Waals surface area contributed by atoms with E-state index >= 15 is 0 Å². The van der Waals surface area contributed by atoms with E-state index in [0.717, 1.165) is 29.2 Å². The van der Waals surface area contributed by atoms with Gasteiger partial charge in [0.05, 0.1) is 7.11 Å². The van der Waals surface area contributed by atoms with Crippen molar-refractivity contribution in [3.8, 4) is 5.75 Å². The average molecular weight is 304 g/mol. The number of para-hydroxylation sites is 1. The molecule has 1 aromatic carbocycles. The van der Waals surface area contributed by atoms with Crippen LogP contribution in [-0.2, 0) is 6.54 Å². The average Bonchev–Trinajstić information content (AvgIpc) is 3.10. The van der Waals surface area contributed by atoms with Gasteiger partial charge in [0, 0.05) is 25.2 Å². The lowest BCUT2D eigenvalue weighted by atomic mass is 9.95. The molecule has 0 unspecified atom stereocenters. The van der Waals surface area contributed by atoms with Gasteiger partial charge in [-0.1, -0.05) is 24.6 Å². The van der Waals surface area contributed by atoms with Crippen molar-refractivity contribution in [3.05, 3.63) is 29.8 Å². The minimum absolute atomic E-state index is 0.594. The number of rotatable bonds is 4. The molecule has 0 radical (unpaired) electrons. The summed E-state index contributed by atoms with van der Waals surface area (Å²) >= 11 is 5.58. The maximum atomic E-state index is 5.58. The summed E-state index contributed by atoms with van der Waals surface area (Å²) < 4.78 is 5.41. The van der Waals surface area contributed by atoms with E-state index in [0.29, 0.717) is 6.04 Å². The molecule has 0 aromatic heterocycles. The fraction of sp³-hybridized carbons (Fsp3) is 0.588. The number of fused-ring (bicyclic) bond motifs is 2. The van der Waals surface area contributed by atoms with Gasteiger partial charge < -0.3 is 15.0 Å². The summed E-state index contributed by atoms with van der Waals surface area (Å²) in [6, 6.07) is 8.72. The van der Waals surface area contributed by atoms with Crippen molar-refractivity contribution >= 4 is 17.3 Å². The van der Waals surface area contributed by atoms with Crippen LogP contribution in [0, 0.1) is 11.8 Å². The van der Waals surface area contributed by atoms with E-state index in [1.165, 1.54) is 31.2 Å². The van der Waals surface area contributed by atoms with Crippen LogP contribution >= 0.6 is 12.2 Å². The fourth-order valence-electron chi connectivity index (χ4n) is 3.85. The maximum absolute atomic E-state index is 5.58. The Bertz CT molecular complexity index is 519. The van der Waals surface area contributed by atoms with Crippen molar-refractivity contribution in [1.29, 1.82) is 0 Å². The standard InChI is InChI=1S/C17H24N2OS/c1-19(11-14-5-3-4-6-16(14)20-2)17(21)18-15-10-12-7-8-13(15)9-12/h3-6,12-13,15H,7-11H2,1-2H3,(H,18,21)/t12-,13-,15-/m1/s1. The van der Waals surface area contributed by atoms with E-state index in [2.05, 4.69) is 23.3 Å². The number of hydrogen-bond donors (Lipinski definition) is 1. The van der Waals surface area contributed by atoms with Crippen LogP contribution in [0.15, 0.2) is 24.3 Å². The highest BCUT2D eigenvalue weighted by molar-refractivity contribution is 7.80. The van der Waals surface area contributed by atoms with E-state index in [1.807, 2.05) is 18.2 Å². The minimum atomic E-state index is 0.594. The lowest BCUT2D eigenvalue weighted by Crippen LogP contribution is -2.44. The molecule has 21 heavy (non-hydrogen) atoms. The number of thiocarbonyl (C=S) groups is 1. The minimum Gasteiger partial charge on any atom is -0.496 e. The highest BCUT2D eigenvalue weighted by atomic mass is 32.1. The summed E-state index contributed by atoms with van der Waals surface area (Å²) in [4.78, 5) is 2.11. The molecule has 2 saturated carbocycles. The summed E-state index contributed by atoms with van der Waals surface area (Å²) in [7, 11) is 3.76. The third-order valence-corrected chi connectivity index (χ3v) is 5.42. The second kappa shape index (κ2) is 6.22. The molecule has 3 rings (SSSR count). The molecule has 0 amide bonds. The Labute approximate surface area is 132 Å². The molecule has 3 nitrogen and oxygen atoms in total. The van der Waals surface area contributed by atoms with E-state index in [-0.39, 0.29) is 0 Å². The summed E-state index contributed by atoms with van der Waals surface area (Å²) in [6.07, 6.45) is 5.50. The highest BCUT2D eigenvalue weighted by Gasteiger charge is 2.39. The van der Waals surface area contributed by atoms with Gasteiger partial charge in [0.25, 0.3) is 0 Å². The number of nitrogens with zero attached hydrogens (tertiary/aromatic N) is 1. The van der Waals surface area contributed by atoms with E-state index in [4.69, 9.17) is 17.0 Å². The molecule has 1 N–H and O–H groups in total. The first-order chi connectivity index (χ1) is 10.2. The zero-order valence-corrected chi connectivity index (χ0v) is 13.7. The molecule has 0 spiro atoms. The third-order valence-electron chi connectivity index (χ3n) is 4.99. The molecule has 2 fully saturated rings. The first kappa shape index (κ1) is 14.6. The lowest BCUT2D eigenvalue weighted by molar-refractivity contribution is 0.368. The van der Waals surface area contributed by atoms with Crippen LogP contribution in [0.25, 0.3) is 0 Å². The Morgan fingerprint density at radius 3 is 2.81 bits per heavy atom. The van der Waals surface area contributed by atoms with Gasteiger partial charge >= 0.3 is 0 Å². The van der Waals surface area contributed by atoms with Gasteiger partial charge in [0.2, 0.25) is 0 Å². The smallest absolute Gasteiger partial charge is 0.169 e. The van der Waals surface area contributed by atoms with Crippen LogP contribution in [0.1, 0.15) is 31.2 Å². The molecule has 0 heterocycles. The molecular formula is C17H24N2OS. The van der Waals surface area contributed by atoms with Crippen molar-refractivity contribution < 1.29 is 4.74 Å². The number of nitrogens with one attached hydrogen (secondary N) is 1. The van der Waals surface area contributed by atoms with E-state index in [9.17, 15) is 0 Å². The summed E-state index contributed by atoms with van der Waals surface area (Å²) in [5, 5.41) is 4.44. The highest BCUT2D eigenvalue weighted by Crippen LogP contribution is 2.44. The molecule has 4 heteroatoms. The molecule has 2 aliphatic carbocycles. The Kier molecular flexibility index (Phi) is 4.34. The number of benzene rings is 1. The molecule has 0 aliphatic heterocycles. The first-order valence-electron chi connectivity index (χ1n) is 7.81. The topological polar surface area (TPSA) is 24.5 Å². The number of methoxy groups -OCH3 is 1. The molecular weight excluding hydrogens is 280 g/mol. The van der Waals surface area contributed by atoms with Gasteiger partial charge in [0.1, 0.15) is 5.75 Å². The van der Waals surface area contributed by atoms with Gasteiger partial charge in [-0.25, -0.2) is 0 Å². The third kappa shape index (κ3) is 3.15. The molecule has 1 aromatic rings.